The van der Waals surface area contributed by atoms with Crippen molar-refractivity contribution in [3.8, 4) is 0 Å². The minimum atomic E-state index is 0.214. The van der Waals surface area contributed by atoms with Gasteiger partial charge < -0.3 is 0 Å². The van der Waals surface area contributed by atoms with Crippen LogP contribution >= 0.6 is 0 Å². The van der Waals surface area contributed by atoms with Gasteiger partial charge in [0.15, 0.2) is 0 Å². The van der Waals surface area contributed by atoms with Gasteiger partial charge in [0.1, 0.15) is 5.78 Å². The second-order valence-electron chi connectivity index (χ2n) is 3.93. The number of ketones is 1. The quantitative estimate of drug-likeness (QED) is 0.765. The molecular weight excluding hydrogens is 228 g/mol. The Morgan fingerprint density at radius 2 is 1.33 bits per heavy atom. The van der Waals surface area contributed by atoms with E-state index in [2.05, 4.69) is 19.9 Å². The molecule has 0 aromatic carbocycles. The first-order chi connectivity index (χ1) is 8.84. The zero-order chi connectivity index (χ0) is 12.6. The minimum absolute atomic E-state index is 0.214. The van der Waals surface area contributed by atoms with Crippen molar-refractivity contribution in [3.05, 3.63) is 48.6 Å². The summed E-state index contributed by atoms with van der Waals surface area (Å²) in [5.74, 6) is 0.214. The molecule has 0 radical (unpaired) electrons. The van der Waals surface area contributed by atoms with Gasteiger partial charge in [-0.2, -0.15) is 0 Å². The van der Waals surface area contributed by atoms with E-state index in [1.54, 1.807) is 37.2 Å². The normalized spacial score (nSPS) is 10.2. The molecule has 0 amide bonds. The molecule has 0 saturated heterocycles. The third kappa shape index (κ3) is 4.01. The second-order valence-corrected chi connectivity index (χ2v) is 3.93. The van der Waals surface area contributed by atoms with Crippen molar-refractivity contribution in [1.82, 2.24) is 19.9 Å². The molecule has 0 bridgehead atoms. The smallest absolute Gasteiger partial charge is 0.133 e. The number of rotatable bonds is 6. The topological polar surface area (TPSA) is 68.6 Å². The van der Waals surface area contributed by atoms with Crippen molar-refractivity contribution in [2.75, 3.05) is 0 Å². The van der Waals surface area contributed by atoms with Crippen LogP contribution in [0, 0.1) is 0 Å². The van der Waals surface area contributed by atoms with Crippen LogP contribution in [0.1, 0.15) is 24.2 Å². The summed E-state index contributed by atoms with van der Waals surface area (Å²) >= 11 is 0. The molecule has 0 unspecified atom stereocenters. The van der Waals surface area contributed by atoms with E-state index in [4.69, 9.17) is 0 Å². The van der Waals surface area contributed by atoms with Crippen LogP contribution in [0.3, 0.4) is 0 Å². The molecule has 0 aliphatic heterocycles. The summed E-state index contributed by atoms with van der Waals surface area (Å²) in [5.41, 5.74) is 1.70. The van der Waals surface area contributed by atoms with E-state index in [1.165, 1.54) is 0 Å². The molecule has 0 aliphatic rings. The van der Waals surface area contributed by atoms with Gasteiger partial charge in [-0.15, -0.1) is 0 Å². The fourth-order valence-electron chi connectivity index (χ4n) is 1.58. The third-order valence-corrected chi connectivity index (χ3v) is 2.55. The van der Waals surface area contributed by atoms with E-state index >= 15 is 0 Å². The fourth-order valence-corrected chi connectivity index (χ4v) is 1.58. The maximum atomic E-state index is 11.7. The van der Waals surface area contributed by atoms with Crippen LogP contribution in [-0.2, 0) is 17.6 Å². The number of aromatic nitrogens is 4. The maximum Gasteiger partial charge on any atom is 0.133 e. The molecule has 0 spiro atoms. The number of aryl methyl sites for hydroxylation is 2. The highest BCUT2D eigenvalue weighted by atomic mass is 16.1. The summed E-state index contributed by atoms with van der Waals surface area (Å²) in [6, 6.07) is 0. The second kappa shape index (κ2) is 6.54. The van der Waals surface area contributed by atoms with E-state index in [9.17, 15) is 4.79 Å². The van der Waals surface area contributed by atoms with Crippen molar-refractivity contribution < 1.29 is 4.79 Å². The molecule has 92 valence electrons. The number of hydrogen-bond donors (Lipinski definition) is 0. The van der Waals surface area contributed by atoms with Crippen LogP contribution in [0.5, 0.6) is 0 Å². The fraction of sp³-hybridized carbons (Fsp3) is 0.308. The predicted octanol–water partition coefficient (Wildman–Crippen LogP) is 1.40. The summed E-state index contributed by atoms with van der Waals surface area (Å²) in [4.78, 5) is 27.9. The van der Waals surface area contributed by atoms with Crippen molar-refractivity contribution in [2.24, 2.45) is 0 Å². The highest BCUT2D eigenvalue weighted by Gasteiger charge is 2.05. The monoisotopic (exact) mass is 242 g/mol. The van der Waals surface area contributed by atoms with E-state index in [-0.39, 0.29) is 5.78 Å². The molecule has 5 heteroatoms. The number of hydrogen-bond acceptors (Lipinski definition) is 5. The third-order valence-electron chi connectivity index (χ3n) is 2.55. The molecule has 0 fully saturated rings. The first-order valence-corrected chi connectivity index (χ1v) is 5.86. The molecule has 2 rings (SSSR count). The molecule has 2 aromatic rings. The zero-order valence-electron chi connectivity index (χ0n) is 9.99. The lowest BCUT2D eigenvalue weighted by Gasteiger charge is -2.00. The highest BCUT2D eigenvalue weighted by molar-refractivity contribution is 5.78. The zero-order valence-corrected chi connectivity index (χ0v) is 9.99. The summed E-state index contributed by atoms with van der Waals surface area (Å²) in [6.07, 6.45) is 12.2. The largest absolute Gasteiger partial charge is 0.300 e. The van der Waals surface area contributed by atoms with Crippen molar-refractivity contribution in [3.63, 3.8) is 0 Å². The van der Waals surface area contributed by atoms with E-state index in [1.807, 2.05) is 0 Å². The standard InChI is InChI=1S/C13H14N4O/c18-13(3-1-11-9-14-5-7-16-11)4-2-12-10-15-6-8-17-12/h5-10H,1-4H2. The SMILES string of the molecule is O=C(CCc1cnccn1)CCc1cnccn1. The van der Waals surface area contributed by atoms with Crippen LogP contribution in [0.15, 0.2) is 37.2 Å². The van der Waals surface area contributed by atoms with Crippen molar-refractivity contribution in [1.29, 1.82) is 0 Å². The Labute approximate surface area is 105 Å². The Balaban J connectivity index is 1.73. The molecule has 0 saturated carbocycles. The van der Waals surface area contributed by atoms with Crippen LogP contribution in [0.2, 0.25) is 0 Å². The van der Waals surface area contributed by atoms with Gasteiger partial charge in [-0.25, -0.2) is 0 Å². The number of Topliss-reactive ketones (excluding diaryl/α,β-unsaturated/α-hetero) is 1. The summed E-state index contributed by atoms with van der Waals surface area (Å²) in [6.45, 7) is 0. The molecule has 2 aromatic heterocycles. The molecule has 5 nitrogen and oxygen atoms in total. The lowest BCUT2D eigenvalue weighted by Crippen LogP contribution is -2.04. The lowest BCUT2D eigenvalue weighted by molar-refractivity contribution is -0.119. The Morgan fingerprint density at radius 1 is 0.833 bits per heavy atom. The average molecular weight is 242 g/mol. The molecule has 0 atom stereocenters. The van der Waals surface area contributed by atoms with Crippen molar-refractivity contribution >= 4 is 5.78 Å². The number of carbonyl (C=O) groups is 1. The highest BCUT2D eigenvalue weighted by Crippen LogP contribution is 2.03. The van der Waals surface area contributed by atoms with Gasteiger partial charge in [0, 0.05) is 50.0 Å². The van der Waals surface area contributed by atoms with E-state index in [0.717, 1.165) is 11.4 Å². The minimum Gasteiger partial charge on any atom is -0.300 e. The van der Waals surface area contributed by atoms with Gasteiger partial charge in [-0.3, -0.25) is 24.7 Å². The number of carbonyl (C=O) groups excluding carboxylic acids is 1. The van der Waals surface area contributed by atoms with Crippen LogP contribution in [0.4, 0.5) is 0 Å². The molecule has 18 heavy (non-hydrogen) atoms. The van der Waals surface area contributed by atoms with Gasteiger partial charge in [0.2, 0.25) is 0 Å². The van der Waals surface area contributed by atoms with Gasteiger partial charge in [0.25, 0.3) is 0 Å². The first kappa shape index (κ1) is 12.3. The van der Waals surface area contributed by atoms with Gasteiger partial charge in [-0.05, 0) is 12.8 Å². The predicted molar refractivity (Wildman–Crippen MR) is 65.7 cm³/mol. The van der Waals surface area contributed by atoms with Crippen LogP contribution < -0.4 is 0 Å². The van der Waals surface area contributed by atoms with Gasteiger partial charge >= 0.3 is 0 Å². The first-order valence-electron chi connectivity index (χ1n) is 5.86. The Morgan fingerprint density at radius 3 is 1.72 bits per heavy atom. The average Bonchev–Trinajstić information content (AvgIpc) is 2.45. The molecule has 0 aliphatic carbocycles. The Bertz CT molecular complexity index is 441. The summed E-state index contributed by atoms with van der Waals surface area (Å²) in [5, 5.41) is 0. The van der Waals surface area contributed by atoms with E-state index in [0.29, 0.717) is 25.7 Å². The Hall–Kier alpha value is -2.17. The van der Waals surface area contributed by atoms with Gasteiger partial charge in [-0.1, -0.05) is 0 Å². The van der Waals surface area contributed by atoms with Gasteiger partial charge in [0.05, 0.1) is 11.4 Å². The Kier molecular flexibility index (Phi) is 4.46. The molecule has 2 heterocycles. The lowest BCUT2D eigenvalue weighted by atomic mass is 10.1. The van der Waals surface area contributed by atoms with Crippen LogP contribution in [0.25, 0.3) is 0 Å². The van der Waals surface area contributed by atoms with E-state index < -0.39 is 0 Å². The molecule has 0 N–H and O–H groups in total. The summed E-state index contributed by atoms with van der Waals surface area (Å²) < 4.78 is 0. The number of nitrogens with zero attached hydrogens (tertiary/aromatic N) is 4. The van der Waals surface area contributed by atoms with Crippen molar-refractivity contribution in [2.45, 2.75) is 25.7 Å². The van der Waals surface area contributed by atoms with Crippen LogP contribution in [-0.4, -0.2) is 25.7 Å². The molecular formula is C13H14N4O. The maximum absolute atomic E-state index is 11.7. The summed E-state index contributed by atoms with van der Waals surface area (Å²) in [7, 11) is 0.